The summed E-state index contributed by atoms with van der Waals surface area (Å²) in [6, 6.07) is 11.9. The van der Waals surface area contributed by atoms with Crippen molar-refractivity contribution < 1.29 is 18.8 Å². The van der Waals surface area contributed by atoms with Crippen LogP contribution in [0.2, 0.25) is 5.02 Å². The minimum absolute atomic E-state index is 0.0581. The molecule has 6 nitrogen and oxygen atoms in total. The largest absolute Gasteiger partial charge is 0.490 e. The number of fused-ring (bicyclic) bond motifs is 7. The first-order chi connectivity index (χ1) is 21.0. The fourth-order valence-electron chi connectivity index (χ4n) is 8.92. The summed E-state index contributed by atoms with van der Waals surface area (Å²) in [5.74, 6) is 5.21. The number of aryl methyl sites for hydroxylation is 1. The lowest BCUT2D eigenvalue weighted by Crippen LogP contribution is -2.54. The summed E-state index contributed by atoms with van der Waals surface area (Å²) in [7, 11) is -2.93. The number of carbonyl (C=O) groups excluding carboxylic acids is 1. The number of aliphatic hydroxyl groups is 1. The van der Waals surface area contributed by atoms with Crippen molar-refractivity contribution in [3.8, 4) is 5.75 Å². The van der Waals surface area contributed by atoms with Crippen LogP contribution >= 0.6 is 11.6 Å². The number of nitrogens with one attached hydrogen (secondary N) is 1. The first kappa shape index (κ1) is 30.2. The molecular weight excluding hydrogens is 592 g/mol. The van der Waals surface area contributed by atoms with E-state index in [1.807, 2.05) is 25.1 Å². The van der Waals surface area contributed by atoms with Crippen LogP contribution in [0.15, 0.2) is 48.6 Å². The number of nitrogens with zero attached hydrogens (tertiary/aromatic N) is 1. The van der Waals surface area contributed by atoms with Gasteiger partial charge in [0.05, 0.1) is 27.6 Å². The van der Waals surface area contributed by atoms with Crippen LogP contribution in [0.4, 0.5) is 5.69 Å². The van der Waals surface area contributed by atoms with Crippen molar-refractivity contribution in [2.24, 2.45) is 23.7 Å². The quantitative estimate of drug-likeness (QED) is 0.261. The molecule has 44 heavy (non-hydrogen) atoms. The predicted octanol–water partition coefficient (Wildman–Crippen LogP) is 6.33. The standard InChI is InChI=1S/C36H45ClN2O4S/c1-23-16-25-6-4-15-36(41,19-25)31-11-8-28(31)20-39-21-35(14-5-7-26-17-29(37)10-12-30(26)35)22-43-33-13-9-27(18-32(33)39)34(40)38-44(3,42)24(23)2/h4,6,9-10,12-13,17-18,23-25,28,31,41H,3,5,7-8,11,14-16,19-22H2,1-2H3,(H,38,40,42)/t23-,24+,25-,28-,31+,35-,36+,44?/m0/s1. The van der Waals surface area contributed by atoms with Crippen LogP contribution in [0.3, 0.4) is 0 Å². The molecule has 8 atom stereocenters. The molecule has 8 heteroatoms. The van der Waals surface area contributed by atoms with Crippen molar-refractivity contribution in [3.05, 3.63) is 70.3 Å². The van der Waals surface area contributed by atoms with E-state index in [0.717, 1.165) is 68.1 Å². The van der Waals surface area contributed by atoms with E-state index >= 15 is 0 Å². The van der Waals surface area contributed by atoms with Crippen LogP contribution in [0.25, 0.3) is 0 Å². The van der Waals surface area contributed by atoms with E-state index in [2.05, 4.69) is 46.7 Å². The lowest BCUT2D eigenvalue weighted by Gasteiger charge is -2.51. The molecule has 1 unspecified atom stereocenters. The van der Waals surface area contributed by atoms with E-state index in [1.54, 1.807) is 6.07 Å². The Balaban J connectivity index is 1.32. The number of anilines is 1. The van der Waals surface area contributed by atoms with Gasteiger partial charge in [0.25, 0.3) is 5.91 Å². The van der Waals surface area contributed by atoms with Crippen LogP contribution in [0, 0.1) is 23.7 Å². The van der Waals surface area contributed by atoms with Gasteiger partial charge in [0.1, 0.15) is 5.75 Å². The minimum atomic E-state index is -2.93. The molecule has 1 saturated carbocycles. The summed E-state index contributed by atoms with van der Waals surface area (Å²) in [6.07, 6.45) is 11.7. The maximum absolute atomic E-state index is 13.8. The lowest BCUT2D eigenvalue weighted by atomic mass is 9.59. The molecule has 2 heterocycles. The third kappa shape index (κ3) is 5.27. The highest BCUT2D eigenvalue weighted by molar-refractivity contribution is 7.99. The molecule has 2 aromatic carbocycles. The highest BCUT2D eigenvalue weighted by atomic mass is 35.5. The maximum Gasteiger partial charge on any atom is 0.262 e. The van der Waals surface area contributed by atoms with Gasteiger partial charge in [-0.2, -0.15) is 0 Å². The van der Waals surface area contributed by atoms with Crippen molar-refractivity contribution in [2.75, 3.05) is 24.6 Å². The van der Waals surface area contributed by atoms with Crippen molar-refractivity contribution in [2.45, 2.75) is 81.5 Å². The van der Waals surface area contributed by atoms with Crippen LogP contribution < -0.4 is 14.4 Å². The monoisotopic (exact) mass is 636 g/mol. The van der Waals surface area contributed by atoms with Gasteiger partial charge in [-0.15, -0.1) is 0 Å². The van der Waals surface area contributed by atoms with Crippen LogP contribution in [-0.2, 0) is 21.5 Å². The summed E-state index contributed by atoms with van der Waals surface area (Å²) in [5.41, 5.74) is 2.96. The Hall–Kier alpha value is -2.48. The number of amides is 1. The van der Waals surface area contributed by atoms with Gasteiger partial charge in [0, 0.05) is 34.3 Å². The molecule has 1 spiro atoms. The van der Waals surface area contributed by atoms with E-state index in [1.165, 1.54) is 11.1 Å². The molecule has 5 aliphatic rings. The molecule has 0 radical (unpaired) electrons. The van der Waals surface area contributed by atoms with Crippen molar-refractivity contribution >= 4 is 38.8 Å². The van der Waals surface area contributed by atoms with Gasteiger partial charge in [0.2, 0.25) is 0 Å². The minimum Gasteiger partial charge on any atom is -0.490 e. The number of carbonyl (C=O) groups is 1. The number of allylic oxidation sites excluding steroid dienone is 1. The SMILES string of the molecule is C=S1(=O)NC(=O)c2ccc3c(c2)N(C[C@@H]2CC[C@H]2[C@@]2(O)CC=C[C@@H](C[C@H](C)[C@H]1C)C2)C[C@@]1(CCCc2cc(Cl)ccc21)CO3. The molecular formula is C36H45ClN2O4S. The fraction of sp³-hybridized carbons (Fsp3) is 0.556. The van der Waals surface area contributed by atoms with Gasteiger partial charge in [-0.25, -0.2) is 4.21 Å². The zero-order valence-electron chi connectivity index (χ0n) is 25.9. The predicted molar refractivity (Wildman–Crippen MR) is 179 cm³/mol. The Kier molecular flexibility index (Phi) is 7.61. The number of benzene rings is 2. The molecule has 1 fully saturated rings. The maximum atomic E-state index is 13.8. The summed E-state index contributed by atoms with van der Waals surface area (Å²) in [4.78, 5) is 16.1. The molecule has 0 aromatic heterocycles. The lowest BCUT2D eigenvalue weighted by molar-refractivity contribution is -0.0952. The van der Waals surface area contributed by atoms with Gasteiger partial charge in [-0.05, 0) is 129 Å². The Bertz CT molecular complexity index is 1610. The zero-order chi connectivity index (χ0) is 30.9. The van der Waals surface area contributed by atoms with Gasteiger partial charge in [-0.3, -0.25) is 9.52 Å². The zero-order valence-corrected chi connectivity index (χ0v) is 27.5. The first-order valence-corrected chi connectivity index (χ1v) is 18.5. The molecule has 2 aromatic rings. The molecule has 3 aliphatic carbocycles. The van der Waals surface area contributed by atoms with E-state index in [-0.39, 0.29) is 34.3 Å². The van der Waals surface area contributed by atoms with E-state index in [9.17, 15) is 14.1 Å². The average molecular weight is 637 g/mol. The molecule has 0 saturated heterocycles. The fourth-order valence-corrected chi connectivity index (χ4v) is 10.6. The second-order valence-corrected chi connectivity index (χ2v) is 17.3. The van der Waals surface area contributed by atoms with Gasteiger partial charge in [0.15, 0.2) is 0 Å². The molecule has 2 N–H and O–H groups in total. The highest BCUT2D eigenvalue weighted by Gasteiger charge is 2.50. The number of halogens is 1. The molecule has 4 bridgehead atoms. The third-order valence-electron chi connectivity index (χ3n) is 11.7. The highest BCUT2D eigenvalue weighted by Crippen LogP contribution is 2.51. The Morgan fingerprint density at radius 2 is 2.02 bits per heavy atom. The van der Waals surface area contributed by atoms with Gasteiger partial charge >= 0.3 is 0 Å². The molecule has 2 aliphatic heterocycles. The molecule has 1 amide bonds. The van der Waals surface area contributed by atoms with Crippen LogP contribution in [-0.4, -0.2) is 51.6 Å². The van der Waals surface area contributed by atoms with Crippen molar-refractivity contribution in [1.82, 2.24) is 4.72 Å². The van der Waals surface area contributed by atoms with Crippen molar-refractivity contribution in [1.29, 1.82) is 0 Å². The molecule has 7 rings (SSSR count). The summed E-state index contributed by atoms with van der Waals surface area (Å²) in [6.45, 7) is 6.09. The van der Waals surface area contributed by atoms with E-state index in [4.69, 9.17) is 16.3 Å². The van der Waals surface area contributed by atoms with E-state index < -0.39 is 15.3 Å². The molecule has 236 valence electrons. The number of rotatable bonds is 0. The Labute approximate surface area is 267 Å². The smallest absolute Gasteiger partial charge is 0.262 e. The number of ether oxygens (including phenoxy) is 1. The average Bonchev–Trinajstić information content (AvgIpc) is 3.10. The van der Waals surface area contributed by atoms with Gasteiger partial charge < -0.3 is 14.7 Å². The number of hydrogen-bond acceptors (Lipinski definition) is 5. The van der Waals surface area contributed by atoms with E-state index in [0.29, 0.717) is 30.9 Å². The Morgan fingerprint density at radius 1 is 1.18 bits per heavy atom. The summed E-state index contributed by atoms with van der Waals surface area (Å²) in [5, 5.41) is 12.6. The van der Waals surface area contributed by atoms with Crippen LogP contribution in [0.5, 0.6) is 5.75 Å². The second kappa shape index (κ2) is 11.1. The van der Waals surface area contributed by atoms with Crippen molar-refractivity contribution in [3.63, 3.8) is 0 Å². The second-order valence-electron chi connectivity index (χ2n) is 14.5. The normalized spacial score (nSPS) is 38.4. The topological polar surface area (TPSA) is 78.9 Å². The third-order valence-corrected chi connectivity index (χ3v) is 14.1. The summed E-state index contributed by atoms with van der Waals surface area (Å²) >= 11 is 6.44. The number of hydrogen-bond donors (Lipinski definition) is 2. The first-order valence-electron chi connectivity index (χ1n) is 16.3. The summed E-state index contributed by atoms with van der Waals surface area (Å²) < 4.78 is 23.3. The van der Waals surface area contributed by atoms with Crippen LogP contribution in [0.1, 0.15) is 80.3 Å². The van der Waals surface area contributed by atoms with Gasteiger partial charge in [-0.1, -0.05) is 36.7 Å². The Morgan fingerprint density at radius 3 is 2.82 bits per heavy atom.